The summed E-state index contributed by atoms with van der Waals surface area (Å²) in [6, 6.07) is 10.8. The zero-order chi connectivity index (χ0) is 30.4. The molecule has 0 atom stereocenters. The maximum Gasteiger partial charge on any atom is 0.336 e. The molecule has 0 unspecified atom stereocenters. The molecule has 1 saturated heterocycles. The molecule has 41 heavy (non-hydrogen) atoms. The number of hydrogen-bond donors (Lipinski definition) is 5. The van der Waals surface area contributed by atoms with Gasteiger partial charge in [0.15, 0.2) is 17.1 Å². The Morgan fingerprint density at radius 3 is 2.07 bits per heavy atom. The van der Waals surface area contributed by atoms with Gasteiger partial charge in [-0.05, 0) is 49.1 Å². The van der Waals surface area contributed by atoms with Crippen molar-refractivity contribution in [3.63, 3.8) is 0 Å². The number of aryl methyl sites for hydroxylation is 1. The van der Waals surface area contributed by atoms with Crippen LogP contribution in [0.2, 0.25) is 0 Å². The molecule has 4 rings (SSSR count). The first-order valence-electron chi connectivity index (χ1n) is 12.8. The third-order valence-electron chi connectivity index (χ3n) is 7.02. The molecule has 2 aromatic rings. The van der Waals surface area contributed by atoms with E-state index in [2.05, 4.69) is 17.1 Å². The summed E-state index contributed by atoms with van der Waals surface area (Å²) >= 11 is 0. The minimum absolute atomic E-state index is 0.136. The first-order valence-corrected chi connectivity index (χ1v) is 12.8. The van der Waals surface area contributed by atoms with Crippen molar-refractivity contribution in [2.75, 3.05) is 19.9 Å². The number of piperidine rings is 1. The predicted molar refractivity (Wildman–Crippen MR) is 141 cm³/mol. The van der Waals surface area contributed by atoms with Gasteiger partial charge in [-0.15, -0.1) is 0 Å². The summed E-state index contributed by atoms with van der Waals surface area (Å²) in [4.78, 5) is 44.7. The van der Waals surface area contributed by atoms with Crippen LogP contribution in [0.25, 0.3) is 0 Å². The van der Waals surface area contributed by atoms with E-state index >= 15 is 0 Å². The van der Waals surface area contributed by atoms with Gasteiger partial charge in [-0.25, -0.2) is 9.18 Å². The van der Waals surface area contributed by atoms with Gasteiger partial charge in [0.05, 0.1) is 18.4 Å². The number of aliphatic carboxylic acids is 3. The molecule has 12 nitrogen and oxygen atoms in total. The van der Waals surface area contributed by atoms with Gasteiger partial charge in [-0.1, -0.05) is 18.2 Å². The topological polar surface area (TPSA) is 183 Å². The Hall–Kier alpha value is -4.23. The third-order valence-corrected chi connectivity index (χ3v) is 7.02. The van der Waals surface area contributed by atoms with Gasteiger partial charge in [-0.3, -0.25) is 19.3 Å². The molecule has 1 amide bonds. The monoisotopic (exact) mass is 576 g/mol. The molecule has 2 aliphatic heterocycles. The van der Waals surface area contributed by atoms with E-state index in [1.165, 1.54) is 18.6 Å². The summed E-state index contributed by atoms with van der Waals surface area (Å²) in [5, 5.41) is 36.9. The number of ether oxygens (including phenoxy) is 2. The molecular weight excluding hydrogens is 543 g/mol. The van der Waals surface area contributed by atoms with Gasteiger partial charge in [0.1, 0.15) is 5.82 Å². The van der Waals surface area contributed by atoms with Crippen LogP contribution in [0.5, 0.6) is 11.5 Å². The average Bonchev–Trinajstić information content (AvgIpc) is 3.32. The first kappa shape index (κ1) is 31.3. The van der Waals surface area contributed by atoms with Gasteiger partial charge in [0, 0.05) is 32.1 Å². The number of likely N-dealkylation sites (tertiary alicyclic amines) is 1. The van der Waals surface area contributed by atoms with Gasteiger partial charge in [0.25, 0.3) is 0 Å². The number of hydrogen-bond acceptors (Lipinski definition) is 8. The molecule has 2 aromatic carbocycles. The number of fused-ring (bicyclic) bond motifs is 1. The molecule has 0 saturated carbocycles. The lowest BCUT2D eigenvalue weighted by molar-refractivity contribution is -0.170. The number of amides is 1. The van der Waals surface area contributed by atoms with E-state index in [-0.39, 0.29) is 18.5 Å². The summed E-state index contributed by atoms with van der Waals surface area (Å²) in [6.45, 7) is 6.15. The first-order chi connectivity index (χ1) is 19.2. The fourth-order valence-corrected chi connectivity index (χ4v) is 4.95. The smallest absolute Gasteiger partial charge is 0.336 e. The molecule has 2 aliphatic rings. The van der Waals surface area contributed by atoms with Crippen LogP contribution in [-0.2, 0) is 31.3 Å². The fourth-order valence-electron chi connectivity index (χ4n) is 4.95. The molecule has 222 valence electrons. The van der Waals surface area contributed by atoms with Crippen molar-refractivity contribution in [1.29, 1.82) is 0 Å². The highest BCUT2D eigenvalue weighted by Crippen LogP contribution is 2.37. The van der Waals surface area contributed by atoms with Crippen LogP contribution in [0.1, 0.15) is 49.3 Å². The molecular formula is C28H33FN2O10. The quantitative estimate of drug-likeness (QED) is 0.295. The Morgan fingerprint density at radius 1 is 1.00 bits per heavy atom. The Morgan fingerprint density at radius 2 is 1.56 bits per heavy atom. The maximum absolute atomic E-state index is 14.5. The van der Waals surface area contributed by atoms with Crippen molar-refractivity contribution in [2.45, 2.75) is 57.2 Å². The molecule has 0 aromatic heterocycles. The van der Waals surface area contributed by atoms with E-state index in [4.69, 9.17) is 29.9 Å². The zero-order valence-electron chi connectivity index (χ0n) is 22.7. The van der Waals surface area contributed by atoms with E-state index in [0.717, 1.165) is 36.7 Å². The second kappa shape index (κ2) is 13.0. The largest absolute Gasteiger partial charge is 0.481 e. The van der Waals surface area contributed by atoms with Crippen LogP contribution in [0.15, 0.2) is 36.4 Å². The van der Waals surface area contributed by atoms with Crippen LogP contribution in [-0.4, -0.2) is 74.6 Å². The Kier molecular flexibility index (Phi) is 9.89. The number of carboxylic acids is 3. The molecule has 1 fully saturated rings. The average molecular weight is 577 g/mol. The lowest BCUT2D eigenvalue weighted by Crippen LogP contribution is -2.52. The normalized spacial score (nSPS) is 15.8. The maximum atomic E-state index is 14.5. The fraction of sp³-hybridized carbons (Fsp3) is 0.429. The van der Waals surface area contributed by atoms with E-state index in [9.17, 15) is 23.6 Å². The van der Waals surface area contributed by atoms with Crippen LogP contribution in [0, 0.1) is 12.7 Å². The lowest BCUT2D eigenvalue weighted by Gasteiger charge is -2.43. The Labute approximate surface area is 235 Å². The highest BCUT2D eigenvalue weighted by atomic mass is 19.1. The standard InChI is InChI=1S/C22H25FN2O3.C6H8O7/c1-15-11-20-21(28-14-27-20)12-17(15)13-25-9-7-22(8-10-25,24-16(2)26)18-5-3-4-6-19(18)23;7-3(8)1-6(13,5(11)12)2-4(9)10/h3-6,11-12H,7-10,13-14H2,1-2H3,(H,24,26);13H,1-2H2,(H,7,8)(H,9,10)(H,11,12). The molecule has 0 bridgehead atoms. The SMILES string of the molecule is CC(=O)NC1(c2ccccc2F)CCN(Cc2cc3c(cc2C)OCO3)CC1.O=C(O)CC(O)(CC(=O)O)C(=O)O. The van der Waals surface area contributed by atoms with Crippen molar-refractivity contribution < 1.29 is 53.5 Å². The van der Waals surface area contributed by atoms with E-state index in [0.29, 0.717) is 18.4 Å². The minimum atomic E-state index is -2.74. The third kappa shape index (κ3) is 7.92. The van der Waals surface area contributed by atoms with Crippen LogP contribution in [0.3, 0.4) is 0 Å². The van der Waals surface area contributed by atoms with Gasteiger partial charge >= 0.3 is 17.9 Å². The predicted octanol–water partition coefficient (Wildman–Crippen LogP) is 2.24. The molecule has 2 heterocycles. The Bertz CT molecular complexity index is 1290. The van der Waals surface area contributed by atoms with E-state index in [1.807, 2.05) is 18.2 Å². The molecule has 0 spiro atoms. The number of carboxylic acid groups (broad SMARTS) is 3. The molecule has 5 N–H and O–H groups in total. The van der Waals surface area contributed by atoms with Gasteiger partial charge in [-0.2, -0.15) is 0 Å². The number of rotatable bonds is 9. The van der Waals surface area contributed by atoms with Gasteiger partial charge in [0.2, 0.25) is 12.7 Å². The van der Waals surface area contributed by atoms with Gasteiger partial charge < -0.3 is 35.2 Å². The van der Waals surface area contributed by atoms with Crippen LogP contribution < -0.4 is 14.8 Å². The van der Waals surface area contributed by atoms with Crippen molar-refractivity contribution >= 4 is 23.8 Å². The number of carbonyl (C=O) groups is 4. The number of nitrogens with one attached hydrogen (secondary N) is 1. The van der Waals surface area contributed by atoms with E-state index < -0.39 is 41.9 Å². The summed E-state index contributed by atoms with van der Waals surface area (Å²) in [5.74, 6) is -3.84. The molecule has 0 aliphatic carbocycles. The highest BCUT2D eigenvalue weighted by Gasteiger charge is 2.41. The van der Waals surface area contributed by atoms with Crippen LogP contribution in [0.4, 0.5) is 4.39 Å². The van der Waals surface area contributed by atoms with Crippen molar-refractivity contribution in [1.82, 2.24) is 10.2 Å². The number of carbonyl (C=O) groups excluding carboxylic acids is 1. The van der Waals surface area contributed by atoms with Crippen LogP contribution >= 0.6 is 0 Å². The van der Waals surface area contributed by atoms with E-state index in [1.54, 1.807) is 12.1 Å². The van der Waals surface area contributed by atoms with Crippen molar-refractivity contribution in [3.05, 3.63) is 58.9 Å². The second-order valence-corrected chi connectivity index (χ2v) is 10.1. The summed E-state index contributed by atoms with van der Waals surface area (Å²) in [7, 11) is 0. The van der Waals surface area contributed by atoms with Crippen molar-refractivity contribution in [2.24, 2.45) is 0 Å². The summed E-state index contributed by atoms with van der Waals surface area (Å²) in [6.07, 6.45) is -0.961. The number of benzene rings is 2. The lowest BCUT2D eigenvalue weighted by atomic mass is 9.80. The number of nitrogens with zero attached hydrogens (tertiary/aromatic N) is 1. The second-order valence-electron chi connectivity index (χ2n) is 10.1. The number of aliphatic hydroxyl groups is 1. The highest BCUT2D eigenvalue weighted by molar-refractivity contribution is 5.88. The summed E-state index contributed by atoms with van der Waals surface area (Å²) < 4.78 is 25.4. The minimum Gasteiger partial charge on any atom is -0.481 e. The molecule has 13 heteroatoms. The summed E-state index contributed by atoms with van der Waals surface area (Å²) in [5.41, 5.74) is -0.460. The zero-order valence-corrected chi connectivity index (χ0v) is 22.7. The van der Waals surface area contributed by atoms with Crippen molar-refractivity contribution in [3.8, 4) is 11.5 Å². The Balaban J connectivity index is 0.000000302. The molecule has 0 radical (unpaired) electrons. The number of halogens is 1.